The van der Waals surface area contributed by atoms with Crippen molar-refractivity contribution < 1.29 is 4.74 Å². The van der Waals surface area contributed by atoms with Crippen molar-refractivity contribution in [2.75, 3.05) is 13.1 Å². The Bertz CT molecular complexity index is 199. The molecule has 1 atom stereocenters. The summed E-state index contributed by atoms with van der Waals surface area (Å²) >= 11 is 0. The molecule has 1 N–H and O–H groups in total. The molecule has 0 aromatic heterocycles. The number of hydrogen-bond acceptors (Lipinski definition) is 2. The molecule has 1 saturated heterocycles. The number of nitrogens with one attached hydrogen (secondary N) is 1. The van der Waals surface area contributed by atoms with Crippen LogP contribution in [0.1, 0.15) is 64.7 Å². The van der Waals surface area contributed by atoms with Crippen LogP contribution in [0.5, 0.6) is 0 Å². The van der Waals surface area contributed by atoms with Crippen LogP contribution in [-0.2, 0) is 4.74 Å². The van der Waals surface area contributed by atoms with Crippen LogP contribution < -0.4 is 5.32 Å². The maximum absolute atomic E-state index is 6.31. The molecule has 2 rings (SSSR count). The molecule has 1 aliphatic heterocycles. The standard InChI is InChI=1S/C14H27NO/c1-2-3-11-15-12-13-7-10-14(16-13)8-5-4-6-9-14/h13,15H,2-12H2,1H3. The molecule has 2 fully saturated rings. The first-order chi connectivity index (χ1) is 7.85. The summed E-state index contributed by atoms with van der Waals surface area (Å²) in [5.74, 6) is 0. The highest BCUT2D eigenvalue weighted by Crippen LogP contribution is 2.41. The first-order valence-electron chi connectivity index (χ1n) is 7.23. The molecule has 94 valence electrons. The van der Waals surface area contributed by atoms with Gasteiger partial charge in [0.25, 0.3) is 0 Å². The lowest BCUT2D eigenvalue weighted by Crippen LogP contribution is -2.34. The number of unbranched alkanes of at least 4 members (excludes halogenated alkanes) is 1. The molecule has 0 amide bonds. The van der Waals surface area contributed by atoms with Gasteiger partial charge in [-0.25, -0.2) is 0 Å². The summed E-state index contributed by atoms with van der Waals surface area (Å²) in [5.41, 5.74) is 0.301. The lowest BCUT2D eigenvalue weighted by atomic mass is 9.83. The van der Waals surface area contributed by atoms with Crippen LogP contribution in [0.25, 0.3) is 0 Å². The Morgan fingerprint density at radius 1 is 1.19 bits per heavy atom. The lowest BCUT2D eigenvalue weighted by Gasteiger charge is -2.33. The molecule has 1 unspecified atom stereocenters. The normalized spacial score (nSPS) is 28.7. The molecular formula is C14H27NO. The molecule has 1 spiro atoms. The number of ether oxygens (including phenoxy) is 1. The van der Waals surface area contributed by atoms with E-state index in [1.165, 1.54) is 57.8 Å². The smallest absolute Gasteiger partial charge is 0.0708 e. The van der Waals surface area contributed by atoms with Crippen LogP contribution in [0.4, 0.5) is 0 Å². The predicted molar refractivity (Wildman–Crippen MR) is 67.7 cm³/mol. The van der Waals surface area contributed by atoms with Gasteiger partial charge in [0.15, 0.2) is 0 Å². The Kier molecular flexibility index (Phi) is 4.66. The van der Waals surface area contributed by atoms with E-state index in [0.717, 1.165) is 13.1 Å². The van der Waals surface area contributed by atoms with Crippen molar-refractivity contribution in [3.05, 3.63) is 0 Å². The van der Waals surface area contributed by atoms with Gasteiger partial charge in [0.05, 0.1) is 11.7 Å². The highest BCUT2D eigenvalue weighted by Gasteiger charge is 2.40. The Hall–Kier alpha value is -0.0800. The maximum atomic E-state index is 6.31. The zero-order valence-corrected chi connectivity index (χ0v) is 10.8. The summed E-state index contributed by atoms with van der Waals surface area (Å²) in [6.07, 6.45) is 12.5. The van der Waals surface area contributed by atoms with E-state index in [1.807, 2.05) is 0 Å². The molecule has 1 aliphatic carbocycles. The molecule has 0 aromatic rings. The van der Waals surface area contributed by atoms with Crippen LogP contribution >= 0.6 is 0 Å². The minimum atomic E-state index is 0.301. The van der Waals surface area contributed by atoms with Crippen LogP contribution in [0, 0.1) is 0 Å². The molecule has 0 bridgehead atoms. The number of hydrogen-bond donors (Lipinski definition) is 1. The van der Waals surface area contributed by atoms with Gasteiger partial charge < -0.3 is 10.1 Å². The zero-order valence-electron chi connectivity index (χ0n) is 10.8. The van der Waals surface area contributed by atoms with Crippen molar-refractivity contribution in [2.24, 2.45) is 0 Å². The first kappa shape index (κ1) is 12.4. The lowest BCUT2D eigenvalue weighted by molar-refractivity contribution is -0.0623. The van der Waals surface area contributed by atoms with Gasteiger partial charge >= 0.3 is 0 Å². The zero-order chi connectivity index (χ0) is 11.3. The van der Waals surface area contributed by atoms with Crippen molar-refractivity contribution in [2.45, 2.75) is 76.4 Å². The minimum absolute atomic E-state index is 0.301. The van der Waals surface area contributed by atoms with Gasteiger partial charge in [0, 0.05) is 6.54 Å². The topological polar surface area (TPSA) is 21.3 Å². The Balaban J connectivity index is 1.66. The van der Waals surface area contributed by atoms with Gasteiger partial charge in [-0.1, -0.05) is 32.6 Å². The van der Waals surface area contributed by atoms with E-state index in [0.29, 0.717) is 11.7 Å². The highest BCUT2D eigenvalue weighted by atomic mass is 16.5. The van der Waals surface area contributed by atoms with E-state index >= 15 is 0 Å². The summed E-state index contributed by atoms with van der Waals surface area (Å²) in [4.78, 5) is 0. The summed E-state index contributed by atoms with van der Waals surface area (Å²) in [6.45, 7) is 4.47. The van der Waals surface area contributed by atoms with Crippen LogP contribution in [0.2, 0.25) is 0 Å². The summed E-state index contributed by atoms with van der Waals surface area (Å²) in [5, 5.41) is 3.53. The van der Waals surface area contributed by atoms with Crippen LogP contribution in [-0.4, -0.2) is 24.8 Å². The van der Waals surface area contributed by atoms with Gasteiger partial charge in [-0.05, 0) is 38.6 Å². The van der Waals surface area contributed by atoms with Gasteiger partial charge in [-0.15, -0.1) is 0 Å². The van der Waals surface area contributed by atoms with Gasteiger partial charge in [0.1, 0.15) is 0 Å². The molecule has 1 saturated carbocycles. The van der Waals surface area contributed by atoms with Crippen molar-refractivity contribution in [1.29, 1.82) is 0 Å². The molecule has 2 aliphatic rings. The third-order valence-electron chi connectivity index (χ3n) is 4.18. The second-order valence-corrected chi connectivity index (χ2v) is 5.58. The van der Waals surface area contributed by atoms with Gasteiger partial charge in [-0.3, -0.25) is 0 Å². The number of rotatable bonds is 5. The summed E-state index contributed by atoms with van der Waals surface area (Å²) in [7, 11) is 0. The van der Waals surface area contributed by atoms with E-state index in [4.69, 9.17) is 4.74 Å². The molecule has 0 radical (unpaired) electrons. The van der Waals surface area contributed by atoms with Crippen molar-refractivity contribution in [3.8, 4) is 0 Å². The van der Waals surface area contributed by atoms with Crippen molar-refractivity contribution >= 4 is 0 Å². The molecule has 0 aromatic carbocycles. The Morgan fingerprint density at radius 3 is 2.75 bits per heavy atom. The Labute approximate surface area is 100 Å². The van der Waals surface area contributed by atoms with Crippen molar-refractivity contribution in [3.63, 3.8) is 0 Å². The predicted octanol–water partition coefficient (Wildman–Crippen LogP) is 3.26. The maximum Gasteiger partial charge on any atom is 0.0708 e. The fourth-order valence-corrected chi connectivity index (χ4v) is 3.17. The fourth-order valence-electron chi connectivity index (χ4n) is 3.17. The highest BCUT2D eigenvalue weighted by molar-refractivity contribution is 4.91. The van der Waals surface area contributed by atoms with E-state index in [-0.39, 0.29) is 0 Å². The first-order valence-corrected chi connectivity index (χ1v) is 7.23. The van der Waals surface area contributed by atoms with E-state index in [1.54, 1.807) is 0 Å². The monoisotopic (exact) mass is 225 g/mol. The SMILES string of the molecule is CCCCNCC1CCC2(CCCCC2)O1. The average Bonchev–Trinajstić information content (AvgIpc) is 2.69. The van der Waals surface area contributed by atoms with Crippen LogP contribution in [0.15, 0.2) is 0 Å². The molecule has 16 heavy (non-hydrogen) atoms. The Morgan fingerprint density at radius 2 is 2.00 bits per heavy atom. The molecular weight excluding hydrogens is 198 g/mol. The summed E-state index contributed by atoms with van der Waals surface area (Å²) in [6, 6.07) is 0. The van der Waals surface area contributed by atoms with Gasteiger partial charge in [0.2, 0.25) is 0 Å². The van der Waals surface area contributed by atoms with E-state index in [2.05, 4.69) is 12.2 Å². The fraction of sp³-hybridized carbons (Fsp3) is 1.00. The van der Waals surface area contributed by atoms with Crippen molar-refractivity contribution in [1.82, 2.24) is 5.32 Å². The molecule has 2 nitrogen and oxygen atoms in total. The summed E-state index contributed by atoms with van der Waals surface area (Å²) < 4.78 is 6.31. The van der Waals surface area contributed by atoms with Gasteiger partial charge in [-0.2, -0.15) is 0 Å². The average molecular weight is 225 g/mol. The molecule has 1 heterocycles. The quantitative estimate of drug-likeness (QED) is 0.725. The van der Waals surface area contributed by atoms with E-state index in [9.17, 15) is 0 Å². The molecule has 2 heteroatoms. The third kappa shape index (κ3) is 3.21. The van der Waals surface area contributed by atoms with E-state index < -0.39 is 0 Å². The second-order valence-electron chi connectivity index (χ2n) is 5.58. The minimum Gasteiger partial charge on any atom is -0.370 e. The largest absolute Gasteiger partial charge is 0.370 e. The second kappa shape index (κ2) is 6.02. The third-order valence-corrected chi connectivity index (χ3v) is 4.18. The van der Waals surface area contributed by atoms with Crippen LogP contribution in [0.3, 0.4) is 0 Å².